The zero-order valence-electron chi connectivity index (χ0n) is 18.2. The standard InChI is InChI=1S/C25H35N3O2/c29-23-9-11-25(28(23)19-24(30)27-14-1-2-15-27)10-4-13-26(16-12-25)18-20-7-8-21-5-3-6-22(21)17-20/h7-8,17H,1-6,9-16,18-19H2/t25-/m1/s1. The maximum absolute atomic E-state index is 12.8. The average molecular weight is 410 g/mol. The molecule has 0 N–H and O–H groups in total. The summed E-state index contributed by atoms with van der Waals surface area (Å²) in [4.78, 5) is 32.0. The second kappa shape index (κ2) is 8.33. The maximum Gasteiger partial charge on any atom is 0.242 e. The van der Waals surface area contributed by atoms with Crippen molar-refractivity contribution in [2.24, 2.45) is 0 Å². The van der Waals surface area contributed by atoms with E-state index in [-0.39, 0.29) is 17.4 Å². The van der Waals surface area contributed by atoms with Gasteiger partial charge in [0.1, 0.15) is 6.54 Å². The summed E-state index contributed by atoms with van der Waals surface area (Å²) in [6.07, 6.45) is 10.6. The normalized spacial score (nSPS) is 27.1. The molecule has 1 aromatic rings. The van der Waals surface area contributed by atoms with Gasteiger partial charge in [-0.25, -0.2) is 0 Å². The predicted octanol–water partition coefficient (Wildman–Crippen LogP) is 3.14. The van der Waals surface area contributed by atoms with Crippen LogP contribution in [0.5, 0.6) is 0 Å². The Morgan fingerprint density at radius 3 is 2.57 bits per heavy atom. The summed E-state index contributed by atoms with van der Waals surface area (Å²) in [7, 11) is 0. The summed E-state index contributed by atoms with van der Waals surface area (Å²) < 4.78 is 0. The van der Waals surface area contributed by atoms with Gasteiger partial charge in [-0.2, -0.15) is 0 Å². The summed E-state index contributed by atoms with van der Waals surface area (Å²) in [6.45, 7) is 5.12. The molecule has 3 aliphatic heterocycles. The Morgan fingerprint density at radius 2 is 1.70 bits per heavy atom. The summed E-state index contributed by atoms with van der Waals surface area (Å²) >= 11 is 0. The number of rotatable bonds is 4. The topological polar surface area (TPSA) is 43.9 Å². The second-order valence-corrected chi connectivity index (χ2v) is 9.88. The number of hydrogen-bond acceptors (Lipinski definition) is 3. The van der Waals surface area contributed by atoms with Crippen LogP contribution >= 0.6 is 0 Å². The van der Waals surface area contributed by atoms with Crippen molar-refractivity contribution in [1.29, 1.82) is 0 Å². The largest absolute Gasteiger partial charge is 0.341 e. The molecule has 2 amide bonds. The minimum absolute atomic E-state index is 0.0981. The van der Waals surface area contributed by atoms with E-state index in [0.29, 0.717) is 13.0 Å². The van der Waals surface area contributed by atoms with Crippen LogP contribution in [-0.2, 0) is 29.0 Å². The number of likely N-dealkylation sites (tertiary alicyclic amines) is 3. The Hall–Kier alpha value is -1.88. The molecule has 1 aliphatic carbocycles. The van der Waals surface area contributed by atoms with Crippen molar-refractivity contribution in [2.75, 3.05) is 32.7 Å². The lowest BCUT2D eigenvalue weighted by Gasteiger charge is -2.38. The number of carbonyl (C=O) groups excluding carboxylic acids is 2. The molecule has 0 saturated carbocycles. The molecule has 1 atom stereocenters. The number of amides is 2. The summed E-state index contributed by atoms with van der Waals surface area (Å²) in [5.41, 5.74) is 4.41. The van der Waals surface area contributed by atoms with Crippen molar-refractivity contribution in [3.63, 3.8) is 0 Å². The zero-order valence-corrected chi connectivity index (χ0v) is 18.2. The first kappa shape index (κ1) is 20.0. The molecule has 0 radical (unpaired) electrons. The van der Waals surface area contributed by atoms with Crippen molar-refractivity contribution in [3.8, 4) is 0 Å². The summed E-state index contributed by atoms with van der Waals surface area (Å²) in [5.74, 6) is 0.344. The highest BCUT2D eigenvalue weighted by atomic mass is 16.2. The van der Waals surface area contributed by atoms with Crippen LogP contribution in [0.3, 0.4) is 0 Å². The Balaban J connectivity index is 1.24. The van der Waals surface area contributed by atoms with Crippen molar-refractivity contribution in [3.05, 3.63) is 34.9 Å². The minimum Gasteiger partial charge on any atom is -0.341 e. The quantitative estimate of drug-likeness (QED) is 0.767. The average Bonchev–Trinajstić information content (AvgIpc) is 3.46. The Labute approximate surface area is 180 Å². The molecule has 1 aromatic carbocycles. The number of hydrogen-bond donors (Lipinski definition) is 0. The van der Waals surface area contributed by atoms with Gasteiger partial charge >= 0.3 is 0 Å². The van der Waals surface area contributed by atoms with E-state index in [2.05, 4.69) is 23.1 Å². The molecule has 5 heteroatoms. The lowest BCUT2D eigenvalue weighted by molar-refractivity contribution is -0.141. The fraction of sp³-hybridized carbons (Fsp3) is 0.680. The van der Waals surface area contributed by atoms with Gasteiger partial charge < -0.3 is 9.80 Å². The van der Waals surface area contributed by atoms with Gasteiger partial charge in [0.2, 0.25) is 11.8 Å². The molecule has 3 fully saturated rings. The molecule has 3 saturated heterocycles. The molecule has 1 spiro atoms. The number of fused-ring (bicyclic) bond motifs is 1. The van der Waals surface area contributed by atoms with Crippen LogP contribution < -0.4 is 0 Å². The van der Waals surface area contributed by atoms with Crippen LogP contribution in [0.15, 0.2) is 18.2 Å². The van der Waals surface area contributed by atoms with E-state index in [1.165, 1.54) is 30.4 Å². The van der Waals surface area contributed by atoms with Crippen LogP contribution in [0.4, 0.5) is 0 Å². The minimum atomic E-state index is -0.0981. The smallest absolute Gasteiger partial charge is 0.242 e. The molecule has 5 rings (SSSR count). The molecular weight excluding hydrogens is 374 g/mol. The van der Waals surface area contributed by atoms with Crippen LogP contribution in [0.2, 0.25) is 0 Å². The van der Waals surface area contributed by atoms with Gasteiger partial charge in [0, 0.05) is 38.1 Å². The first-order valence-electron chi connectivity index (χ1n) is 12.0. The number of carbonyl (C=O) groups is 2. The lowest BCUT2D eigenvalue weighted by atomic mass is 9.87. The van der Waals surface area contributed by atoms with E-state index >= 15 is 0 Å². The van der Waals surface area contributed by atoms with Gasteiger partial charge in [-0.15, -0.1) is 0 Å². The first-order valence-corrected chi connectivity index (χ1v) is 12.0. The van der Waals surface area contributed by atoms with Crippen molar-refractivity contribution < 1.29 is 9.59 Å². The molecule has 162 valence electrons. The highest BCUT2D eigenvalue weighted by Gasteiger charge is 2.46. The van der Waals surface area contributed by atoms with E-state index in [1.807, 2.05) is 9.80 Å². The summed E-state index contributed by atoms with van der Waals surface area (Å²) in [5, 5.41) is 0. The molecular formula is C25H35N3O2. The highest BCUT2D eigenvalue weighted by molar-refractivity contribution is 5.87. The Morgan fingerprint density at radius 1 is 0.867 bits per heavy atom. The maximum atomic E-state index is 12.8. The summed E-state index contributed by atoms with van der Waals surface area (Å²) in [6, 6.07) is 7.06. The number of nitrogens with zero attached hydrogens (tertiary/aromatic N) is 3. The van der Waals surface area contributed by atoms with Crippen molar-refractivity contribution in [1.82, 2.24) is 14.7 Å². The van der Waals surface area contributed by atoms with Crippen LogP contribution in [0.1, 0.15) is 68.1 Å². The van der Waals surface area contributed by atoms with E-state index in [9.17, 15) is 9.59 Å². The molecule has 5 nitrogen and oxygen atoms in total. The van der Waals surface area contributed by atoms with E-state index < -0.39 is 0 Å². The predicted molar refractivity (Wildman–Crippen MR) is 117 cm³/mol. The zero-order chi connectivity index (χ0) is 20.6. The number of aryl methyl sites for hydroxylation is 2. The van der Waals surface area contributed by atoms with E-state index in [4.69, 9.17) is 0 Å². The fourth-order valence-electron chi connectivity index (χ4n) is 6.23. The van der Waals surface area contributed by atoms with Crippen molar-refractivity contribution >= 4 is 11.8 Å². The molecule has 0 aromatic heterocycles. The van der Waals surface area contributed by atoms with Crippen LogP contribution in [0, 0.1) is 0 Å². The molecule has 3 heterocycles. The SMILES string of the molecule is O=C(CN1C(=O)CC[C@@]12CCCN(Cc1ccc3c(c1)CCC3)CC2)N1CCCC1. The van der Waals surface area contributed by atoms with Gasteiger partial charge in [-0.1, -0.05) is 18.2 Å². The third-order valence-corrected chi connectivity index (χ3v) is 8.01. The fourth-order valence-corrected chi connectivity index (χ4v) is 6.23. The van der Waals surface area contributed by atoms with E-state index in [0.717, 1.165) is 71.2 Å². The first-order chi connectivity index (χ1) is 14.6. The van der Waals surface area contributed by atoms with Gasteiger partial charge in [0.15, 0.2) is 0 Å². The molecule has 0 unspecified atom stereocenters. The van der Waals surface area contributed by atoms with Gasteiger partial charge in [0.25, 0.3) is 0 Å². The number of benzene rings is 1. The Kier molecular flexibility index (Phi) is 5.57. The molecule has 30 heavy (non-hydrogen) atoms. The highest BCUT2D eigenvalue weighted by Crippen LogP contribution is 2.39. The molecule has 4 aliphatic rings. The third-order valence-electron chi connectivity index (χ3n) is 8.01. The van der Waals surface area contributed by atoms with Gasteiger partial charge in [-0.3, -0.25) is 14.5 Å². The third kappa shape index (κ3) is 3.89. The monoisotopic (exact) mass is 409 g/mol. The second-order valence-electron chi connectivity index (χ2n) is 9.88. The van der Waals surface area contributed by atoms with Crippen molar-refractivity contribution in [2.45, 2.75) is 76.3 Å². The van der Waals surface area contributed by atoms with E-state index in [1.54, 1.807) is 5.56 Å². The van der Waals surface area contributed by atoms with Gasteiger partial charge in [-0.05, 0) is 81.0 Å². The lowest BCUT2D eigenvalue weighted by Crippen LogP contribution is -2.51. The Bertz CT molecular complexity index is 817. The van der Waals surface area contributed by atoms with Gasteiger partial charge in [0.05, 0.1) is 0 Å². The van der Waals surface area contributed by atoms with Crippen LogP contribution in [0.25, 0.3) is 0 Å². The molecule has 0 bridgehead atoms. The van der Waals surface area contributed by atoms with Crippen LogP contribution in [-0.4, -0.2) is 64.8 Å².